The lowest BCUT2D eigenvalue weighted by Gasteiger charge is -2.36. The summed E-state index contributed by atoms with van der Waals surface area (Å²) in [5.74, 6) is 0.704. The van der Waals surface area contributed by atoms with E-state index in [2.05, 4.69) is 5.32 Å². The minimum Gasteiger partial charge on any atom is -0.493 e. The number of piperazine rings is 1. The van der Waals surface area contributed by atoms with Crippen LogP contribution in [0.25, 0.3) is 0 Å². The molecule has 0 aliphatic carbocycles. The van der Waals surface area contributed by atoms with Crippen LogP contribution in [-0.2, 0) is 4.74 Å². The van der Waals surface area contributed by atoms with Crippen LogP contribution in [0.15, 0.2) is 48.5 Å². The van der Waals surface area contributed by atoms with Crippen LogP contribution in [0.1, 0.15) is 28.4 Å². The molecule has 0 saturated carbocycles. The second-order valence-electron chi connectivity index (χ2n) is 6.50. The van der Waals surface area contributed by atoms with Crippen LogP contribution in [0.3, 0.4) is 0 Å². The van der Waals surface area contributed by atoms with Crippen LogP contribution >= 0.6 is 24.0 Å². The van der Waals surface area contributed by atoms with Crippen molar-refractivity contribution >= 4 is 29.9 Å². The van der Waals surface area contributed by atoms with Crippen molar-refractivity contribution in [3.8, 4) is 5.75 Å². The molecule has 7 heteroatoms. The monoisotopic (exact) mass is 424 g/mol. The van der Waals surface area contributed by atoms with Crippen LogP contribution in [0.4, 0.5) is 0 Å². The van der Waals surface area contributed by atoms with E-state index >= 15 is 0 Å². The second kappa shape index (κ2) is 11.3. The van der Waals surface area contributed by atoms with Gasteiger partial charge in [-0.25, -0.2) is 0 Å². The molecule has 0 bridgehead atoms. The van der Waals surface area contributed by atoms with Crippen LogP contribution in [0.2, 0.25) is 5.02 Å². The highest BCUT2D eigenvalue weighted by Crippen LogP contribution is 2.27. The Morgan fingerprint density at radius 2 is 2.04 bits per heavy atom. The molecule has 3 rings (SSSR count). The molecule has 2 aromatic rings. The molecule has 0 spiro atoms. The maximum absolute atomic E-state index is 13.2. The Kier molecular flexibility index (Phi) is 9.06. The number of ether oxygens (including phenoxy) is 2. The summed E-state index contributed by atoms with van der Waals surface area (Å²) in [4.78, 5) is 15.1. The van der Waals surface area contributed by atoms with Gasteiger partial charge in [0.2, 0.25) is 0 Å². The number of nitrogens with one attached hydrogen (secondary N) is 1. The first-order valence-corrected chi connectivity index (χ1v) is 9.56. The van der Waals surface area contributed by atoms with E-state index in [-0.39, 0.29) is 24.4 Å². The fourth-order valence-corrected chi connectivity index (χ4v) is 3.44. The van der Waals surface area contributed by atoms with Gasteiger partial charge in [-0.3, -0.25) is 4.79 Å². The number of carbonyl (C=O) groups is 1. The molecule has 1 fully saturated rings. The molecule has 28 heavy (non-hydrogen) atoms. The van der Waals surface area contributed by atoms with Crippen molar-refractivity contribution in [1.82, 2.24) is 10.2 Å². The Labute approximate surface area is 177 Å². The van der Waals surface area contributed by atoms with Crippen molar-refractivity contribution in [2.24, 2.45) is 0 Å². The largest absolute Gasteiger partial charge is 0.493 e. The molecule has 0 radical (unpaired) electrons. The van der Waals surface area contributed by atoms with Crippen molar-refractivity contribution in [2.75, 3.05) is 40.0 Å². The summed E-state index contributed by atoms with van der Waals surface area (Å²) in [5, 5.41) is 4.04. The predicted octanol–water partition coefficient (Wildman–Crippen LogP) is 3.96. The fourth-order valence-electron chi connectivity index (χ4n) is 3.24. The van der Waals surface area contributed by atoms with Crippen LogP contribution in [0, 0.1) is 0 Å². The molecule has 1 unspecified atom stereocenters. The first kappa shape index (κ1) is 22.5. The minimum atomic E-state index is -0.0452. The van der Waals surface area contributed by atoms with Gasteiger partial charge in [-0.05, 0) is 35.9 Å². The Hall–Kier alpha value is -1.79. The van der Waals surface area contributed by atoms with Crippen LogP contribution < -0.4 is 10.1 Å². The fraction of sp³-hybridized carbons (Fsp3) is 0.381. The lowest BCUT2D eigenvalue weighted by Crippen LogP contribution is -2.48. The lowest BCUT2D eigenvalue weighted by atomic mass is 10.0. The summed E-state index contributed by atoms with van der Waals surface area (Å²) in [6, 6.07) is 15.0. The standard InChI is InChI=1S/C21H25ClN2O3.ClH/c1-26-11-4-12-27-19-8-3-6-17(14-19)21(25)24-10-9-23-15-20(24)16-5-2-7-18(22)13-16;/h2-3,5-8,13-14,20,23H,4,9-12,15H2,1H3;1H. The van der Waals surface area contributed by atoms with Gasteiger partial charge in [-0.1, -0.05) is 29.8 Å². The first-order chi connectivity index (χ1) is 13.2. The number of amides is 1. The average Bonchev–Trinajstić information content (AvgIpc) is 2.71. The number of hydrogen-bond donors (Lipinski definition) is 1. The van der Waals surface area contributed by atoms with E-state index in [0.717, 1.165) is 18.5 Å². The molecule has 152 valence electrons. The number of carbonyl (C=O) groups excluding carboxylic acids is 1. The summed E-state index contributed by atoms with van der Waals surface area (Å²) in [6.07, 6.45) is 0.809. The zero-order valence-electron chi connectivity index (χ0n) is 15.9. The molecule has 5 nitrogen and oxygen atoms in total. The van der Waals surface area contributed by atoms with Crippen LogP contribution in [0.5, 0.6) is 5.75 Å². The normalized spacial score (nSPS) is 16.4. The van der Waals surface area contributed by atoms with Gasteiger partial charge in [0.05, 0.1) is 12.6 Å². The zero-order valence-corrected chi connectivity index (χ0v) is 17.5. The van der Waals surface area contributed by atoms with Gasteiger partial charge in [-0.2, -0.15) is 0 Å². The predicted molar refractivity (Wildman–Crippen MR) is 114 cm³/mol. The first-order valence-electron chi connectivity index (χ1n) is 9.18. The molecule has 1 aliphatic rings. The topological polar surface area (TPSA) is 50.8 Å². The smallest absolute Gasteiger partial charge is 0.254 e. The van der Waals surface area contributed by atoms with E-state index in [1.807, 2.05) is 53.4 Å². The Balaban J connectivity index is 0.00000280. The molecule has 1 atom stereocenters. The Morgan fingerprint density at radius 1 is 1.21 bits per heavy atom. The molecule has 0 aromatic heterocycles. The average molecular weight is 425 g/mol. The SMILES string of the molecule is COCCCOc1cccc(C(=O)N2CCNCC2c2cccc(Cl)c2)c1.Cl. The quantitative estimate of drug-likeness (QED) is 0.683. The highest BCUT2D eigenvalue weighted by Gasteiger charge is 2.28. The third-order valence-corrected chi connectivity index (χ3v) is 4.82. The van der Waals surface area contributed by atoms with E-state index in [4.69, 9.17) is 21.1 Å². The molecule has 1 N–H and O–H groups in total. The summed E-state index contributed by atoms with van der Waals surface area (Å²) < 4.78 is 10.8. The van der Waals surface area contributed by atoms with Gasteiger partial charge < -0.3 is 19.7 Å². The number of halogens is 2. The number of benzene rings is 2. The molecule has 1 heterocycles. The highest BCUT2D eigenvalue weighted by molar-refractivity contribution is 6.30. The minimum absolute atomic E-state index is 0. The third-order valence-electron chi connectivity index (χ3n) is 4.58. The van der Waals surface area contributed by atoms with E-state index in [1.54, 1.807) is 7.11 Å². The number of methoxy groups -OCH3 is 1. The van der Waals surface area contributed by atoms with Gasteiger partial charge in [-0.15, -0.1) is 12.4 Å². The van der Waals surface area contributed by atoms with E-state index in [1.165, 1.54) is 0 Å². The van der Waals surface area contributed by atoms with E-state index in [0.29, 0.717) is 42.6 Å². The number of rotatable bonds is 7. The maximum atomic E-state index is 13.2. The van der Waals surface area contributed by atoms with Crippen molar-refractivity contribution in [3.63, 3.8) is 0 Å². The zero-order chi connectivity index (χ0) is 19.1. The van der Waals surface area contributed by atoms with Crippen molar-refractivity contribution in [2.45, 2.75) is 12.5 Å². The molecular formula is C21H26Cl2N2O3. The van der Waals surface area contributed by atoms with Crippen molar-refractivity contribution in [1.29, 1.82) is 0 Å². The summed E-state index contributed by atoms with van der Waals surface area (Å²) in [5.41, 5.74) is 1.67. The number of nitrogens with zero attached hydrogens (tertiary/aromatic N) is 1. The number of hydrogen-bond acceptors (Lipinski definition) is 4. The summed E-state index contributed by atoms with van der Waals surface area (Å²) >= 11 is 6.15. The van der Waals surface area contributed by atoms with Gasteiger partial charge in [0.15, 0.2) is 0 Å². The third kappa shape index (κ3) is 5.85. The van der Waals surface area contributed by atoms with Crippen LogP contribution in [-0.4, -0.2) is 50.8 Å². The lowest BCUT2D eigenvalue weighted by molar-refractivity contribution is 0.0634. The van der Waals surface area contributed by atoms with Gasteiger partial charge in [0.25, 0.3) is 5.91 Å². The molecule has 1 aliphatic heterocycles. The second-order valence-corrected chi connectivity index (χ2v) is 6.93. The van der Waals surface area contributed by atoms with E-state index < -0.39 is 0 Å². The molecule has 2 aromatic carbocycles. The van der Waals surface area contributed by atoms with Crippen molar-refractivity contribution < 1.29 is 14.3 Å². The summed E-state index contributed by atoms with van der Waals surface area (Å²) in [6.45, 7) is 3.34. The van der Waals surface area contributed by atoms with Crippen molar-refractivity contribution in [3.05, 3.63) is 64.7 Å². The van der Waals surface area contributed by atoms with Gasteiger partial charge in [0.1, 0.15) is 5.75 Å². The van der Waals surface area contributed by atoms with E-state index in [9.17, 15) is 4.79 Å². The van der Waals surface area contributed by atoms with Gasteiger partial charge >= 0.3 is 0 Å². The molecule has 1 amide bonds. The molecular weight excluding hydrogens is 399 g/mol. The molecule has 1 saturated heterocycles. The highest BCUT2D eigenvalue weighted by atomic mass is 35.5. The Bertz CT molecular complexity index is 773. The summed E-state index contributed by atoms with van der Waals surface area (Å²) in [7, 11) is 1.67. The van der Waals surface area contributed by atoms with Gasteiger partial charge in [0, 0.05) is 50.4 Å². The Morgan fingerprint density at radius 3 is 2.82 bits per heavy atom. The maximum Gasteiger partial charge on any atom is 0.254 e.